The van der Waals surface area contributed by atoms with Crippen molar-refractivity contribution in [2.24, 2.45) is 11.1 Å². The van der Waals surface area contributed by atoms with Gasteiger partial charge in [-0.3, -0.25) is 14.4 Å². The van der Waals surface area contributed by atoms with Crippen LogP contribution in [0, 0.1) is 5.41 Å². The first kappa shape index (κ1) is 21.5. The molecule has 0 bridgehead atoms. The van der Waals surface area contributed by atoms with Crippen LogP contribution in [0.1, 0.15) is 75.7 Å². The average molecular weight is 431 g/mol. The molecule has 2 amide bonds. The lowest BCUT2D eigenvalue weighted by molar-refractivity contribution is 0.0900. The van der Waals surface area contributed by atoms with Crippen molar-refractivity contribution in [3.05, 3.63) is 82.7 Å². The Labute approximate surface area is 186 Å². The first-order chi connectivity index (χ1) is 15.2. The molecule has 2 aromatic carbocycles. The summed E-state index contributed by atoms with van der Waals surface area (Å²) in [5, 5.41) is 7.73. The number of primary amides is 1. The topological polar surface area (TPSA) is 107 Å². The average Bonchev–Trinajstić information content (AvgIpc) is 3.13. The minimum atomic E-state index is -0.506. The smallest absolute Gasteiger partial charge is 0.251 e. The maximum atomic E-state index is 13.1. The quantitative estimate of drug-likeness (QED) is 0.645. The summed E-state index contributed by atoms with van der Waals surface area (Å²) in [5.74, 6) is -0.712. The van der Waals surface area contributed by atoms with Crippen molar-refractivity contribution in [1.29, 1.82) is 0 Å². The van der Waals surface area contributed by atoms with Gasteiger partial charge in [-0.1, -0.05) is 32.0 Å². The summed E-state index contributed by atoms with van der Waals surface area (Å²) < 4.78 is 1.75. The van der Waals surface area contributed by atoms with E-state index in [0.29, 0.717) is 35.2 Å². The largest absolute Gasteiger partial charge is 0.366 e. The molecule has 0 aliphatic heterocycles. The Bertz CT molecular complexity index is 1190. The molecule has 0 saturated carbocycles. The number of hydrogen-bond acceptors (Lipinski definition) is 4. The first-order valence-corrected chi connectivity index (χ1v) is 10.6. The molecular weight excluding hydrogens is 404 g/mol. The molecule has 3 N–H and O–H groups in total. The third kappa shape index (κ3) is 4.06. The zero-order chi connectivity index (χ0) is 23.0. The lowest BCUT2D eigenvalue weighted by Gasteiger charge is -2.29. The Morgan fingerprint density at radius 1 is 1.03 bits per heavy atom. The van der Waals surface area contributed by atoms with Crippen LogP contribution < -0.4 is 11.1 Å². The molecule has 3 aromatic rings. The van der Waals surface area contributed by atoms with Gasteiger partial charge in [0, 0.05) is 17.5 Å². The highest BCUT2D eigenvalue weighted by molar-refractivity contribution is 6.00. The van der Waals surface area contributed by atoms with Gasteiger partial charge in [0.1, 0.15) is 0 Å². The van der Waals surface area contributed by atoms with Crippen LogP contribution in [0.25, 0.3) is 5.69 Å². The molecule has 32 heavy (non-hydrogen) atoms. The van der Waals surface area contributed by atoms with Crippen LogP contribution in [-0.2, 0) is 6.42 Å². The van der Waals surface area contributed by atoms with Gasteiger partial charge in [-0.15, -0.1) is 0 Å². The first-order valence-electron chi connectivity index (χ1n) is 10.6. The molecule has 1 atom stereocenters. The number of fused-ring (bicyclic) bond motifs is 1. The van der Waals surface area contributed by atoms with Gasteiger partial charge in [0.15, 0.2) is 5.78 Å². The second kappa shape index (κ2) is 8.07. The fourth-order valence-corrected chi connectivity index (χ4v) is 4.20. The van der Waals surface area contributed by atoms with E-state index in [1.165, 1.54) is 0 Å². The van der Waals surface area contributed by atoms with Crippen LogP contribution in [0.15, 0.2) is 54.6 Å². The predicted molar refractivity (Wildman–Crippen MR) is 121 cm³/mol. The van der Waals surface area contributed by atoms with Crippen LogP contribution in [0.3, 0.4) is 0 Å². The number of nitrogens with zero attached hydrogens (tertiary/aromatic N) is 2. The molecule has 7 heteroatoms. The Balaban J connectivity index is 1.75. The number of ketones is 1. The van der Waals surface area contributed by atoms with Crippen molar-refractivity contribution in [2.75, 3.05) is 0 Å². The SMILES string of the molecule is CC(NC(=O)c1ccccc1)c1nn(-c2ccc(C(N)=O)cc2)c2c1C(=O)CC(C)(C)C2. The van der Waals surface area contributed by atoms with E-state index < -0.39 is 11.9 Å². The Kier molecular flexibility index (Phi) is 5.42. The number of aromatic nitrogens is 2. The minimum Gasteiger partial charge on any atom is -0.366 e. The van der Waals surface area contributed by atoms with Crippen molar-refractivity contribution in [3.8, 4) is 5.69 Å². The van der Waals surface area contributed by atoms with Crippen LogP contribution in [0.5, 0.6) is 0 Å². The van der Waals surface area contributed by atoms with Crippen LogP contribution >= 0.6 is 0 Å². The number of nitrogens with two attached hydrogens (primary N) is 1. The van der Waals surface area contributed by atoms with Crippen molar-refractivity contribution in [1.82, 2.24) is 15.1 Å². The normalized spacial score (nSPS) is 15.7. The Hall–Kier alpha value is -3.74. The lowest BCUT2D eigenvalue weighted by atomic mass is 9.75. The molecule has 164 valence electrons. The maximum Gasteiger partial charge on any atom is 0.251 e. The summed E-state index contributed by atoms with van der Waals surface area (Å²) in [6.45, 7) is 5.94. The van der Waals surface area contributed by atoms with Gasteiger partial charge in [-0.2, -0.15) is 5.10 Å². The number of carbonyl (C=O) groups excluding carboxylic acids is 3. The third-order valence-corrected chi connectivity index (χ3v) is 5.76. The summed E-state index contributed by atoms with van der Waals surface area (Å²) in [4.78, 5) is 37.3. The summed E-state index contributed by atoms with van der Waals surface area (Å²) >= 11 is 0. The lowest BCUT2D eigenvalue weighted by Crippen LogP contribution is -2.30. The van der Waals surface area contributed by atoms with E-state index in [2.05, 4.69) is 19.2 Å². The monoisotopic (exact) mass is 430 g/mol. The van der Waals surface area contributed by atoms with Crippen molar-refractivity contribution < 1.29 is 14.4 Å². The number of carbonyl (C=O) groups is 3. The van der Waals surface area contributed by atoms with Crippen LogP contribution in [-0.4, -0.2) is 27.4 Å². The number of Topliss-reactive ketones (excluding diaryl/α,β-unsaturated/α-hetero) is 1. The van der Waals surface area contributed by atoms with Gasteiger partial charge in [-0.25, -0.2) is 4.68 Å². The van der Waals surface area contributed by atoms with Gasteiger partial charge in [0.2, 0.25) is 5.91 Å². The van der Waals surface area contributed by atoms with Crippen LogP contribution in [0.2, 0.25) is 0 Å². The second-order valence-corrected chi connectivity index (χ2v) is 9.03. The number of rotatable bonds is 5. The molecule has 1 aliphatic carbocycles. The van der Waals surface area contributed by atoms with Gasteiger partial charge in [0.05, 0.1) is 28.7 Å². The molecule has 0 spiro atoms. The van der Waals surface area contributed by atoms with Crippen LogP contribution in [0.4, 0.5) is 0 Å². The summed E-state index contributed by atoms with van der Waals surface area (Å²) in [6, 6.07) is 15.3. The summed E-state index contributed by atoms with van der Waals surface area (Å²) in [7, 11) is 0. The highest BCUT2D eigenvalue weighted by Gasteiger charge is 2.38. The number of hydrogen-bond donors (Lipinski definition) is 2. The standard InChI is InChI=1S/C25H26N4O3/c1-15(27-24(32)17-7-5-4-6-8-17)22-21-19(13-25(2,3)14-20(21)30)29(28-22)18-11-9-16(10-12-18)23(26)31/h4-12,15H,13-14H2,1-3H3,(H2,26,31)(H,27,32). The second-order valence-electron chi connectivity index (χ2n) is 9.03. The van der Waals surface area contributed by atoms with Gasteiger partial charge in [0.25, 0.3) is 5.91 Å². The van der Waals surface area contributed by atoms with E-state index in [0.717, 1.165) is 11.4 Å². The Morgan fingerprint density at radius 2 is 1.69 bits per heavy atom. The molecule has 4 rings (SSSR count). The minimum absolute atomic E-state index is 0.0204. The Morgan fingerprint density at radius 3 is 2.31 bits per heavy atom. The molecule has 0 fully saturated rings. The summed E-state index contributed by atoms with van der Waals surface area (Å²) in [5.41, 5.74) is 8.75. The van der Waals surface area contributed by atoms with Crippen molar-refractivity contribution in [3.63, 3.8) is 0 Å². The molecule has 1 unspecified atom stereocenters. The highest BCUT2D eigenvalue weighted by atomic mass is 16.2. The van der Waals surface area contributed by atoms with E-state index >= 15 is 0 Å². The van der Waals surface area contributed by atoms with Gasteiger partial charge in [-0.05, 0) is 55.2 Å². The molecular formula is C25H26N4O3. The highest BCUT2D eigenvalue weighted by Crippen LogP contribution is 2.38. The van der Waals surface area contributed by atoms with E-state index in [4.69, 9.17) is 10.8 Å². The molecule has 1 heterocycles. The molecule has 7 nitrogen and oxygen atoms in total. The van der Waals surface area contributed by atoms with Gasteiger partial charge >= 0.3 is 0 Å². The predicted octanol–water partition coefficient (Wildman–Crippen LogP) is 3.62. The maximum absolute atomic E-state index is 13.1. The molecule has 0 radical (unpaired) electrons. The zero-order valence-electron chi connectivity index (χ0n) is 18.4. The fraction of sp³-hybridized carbons (Fsp3) is 0.280. The third-order valence-electron chi connectivity index (χ3n) is 5.76. The van der Waals surface area contributed by atoms with Crippen molar-refractivity contribution >= 4 is 17.6 Å². The zero-order valence-corrected chi connectivity index (χ0v) is 18.4. The fourth-order valence-electron chi connectivity index (χ4n) is 4.20. The number of nitrogens with one attached hydrogen (secondary N) is 1. The molecule has 0 saturated heterocycles. The van der Waals surface area contributed by atoms with E-state index in [-0.39, 0.29) is 17.1 Å². The van der Waals surface area contributed by atoms with E-state index in [1.54, 1.807) is 53.2 Å². The van der Waals surface area contributed by atoms with E-state index in [1.807, 2.05) is 13.0 Å². The number of benzene rings is 2. The summed E-state index contributed by atoms with van der Waals surface area (Å²) in [6.07, 6.45) is 1.08. The van der Waals surface area contributed by atoms with Gasteiger partial charge < -0.3 is 11.1 Å². The van der Waals surface area contributed by atoms with E-state index in [9.17, 15) is 14.4 Å². The number of amides is 2. The van der Waals surface area contributed by atoms with Crippen molar-refractivity contribution in [2.45, 2.75) is 39.7 Å². The molecule has 1 aromatic heterocycles. The molecule has 1 aliphatic rings.